The lowest BCUT2D eigenvalue weighted by atomic mass is 10.1. The SMILES string of the molecule is CC[C@@H](C)NC(=O)[C@@H](CC)N(Cc1ccc(Cl)c(Cl)c1)C(=O)CN(c1ccccc1)S(=O)(=O)c1ccc(OC)cc1. The van der Waals surface area contributed by atoms with Crippen LogP contribution in [-0.4, -0.2) is 50.9 Å². The Hall–Kier alpha value is -3.27. The summed E-state index contributed by atoms with van der Waals surface area (Å²) in [4.78, 5) is 28.8. The maximum Gasteiger partial charge on any atom is 0.264 e. The second kappa shape index (κ2) is 14.6. The molecule has 3 rings (SSSR count). The van der Waals surface area contributed by atoms with Crippen LogP contribution in [0.25, 0.3) is 0 Å². The van der Waals surface area contributed by atoms with Crippen LogP contribution in [0.15, 0.2) is 77.7 Å². The van der Waals surface area contributed by atoms with Crippen LogP contribution in [0.4, 0.5) is 5.69 Å². The number of methoxy groups -OCH3 is 1. The first-order valence-electron chi connectivity index (χ1n) is 13.3. The molecule has 0 aromatic heterocycles. The smallest absolute Gasteiger partial charge is 0.264 e. The normalized spacial score (nSPS) is 12.7. The molecule has 2 atom stereocenters. The predicted molar refractivity (Wildman–Crippen MR) is 163 cm³/mol. The van der Waals surface area contributed by atoms with Crippen molar-refractivity contribution in [1.82, 2.24) is 10.2 Å². The van der Waals surface area contributed by atoms with Crippen molar-refractivity contribution in [3.8, 4) is 5.75 Å². The number of rotatable bonds is 13. The highest BCUT2D eigenvalue weighted by molar-refractivity contribution is 7.92. The number of anilines is 1. The molecule has 0 heterocycles. The Bertz CT molecular complexity index is 1440. The summed E-state index contributed by atoms with van der Waals surface area (Å²) >= 11 is 12.3. The number of carbonyl (C=O) groups excluding carboxylic acids is 2. The highest BCUT2D eigenvalue weighted by atomic mass is 35.5. The maximum absolute atomic E-state index is 14.1. The number of hydrogen-bond acceptors (Lipinski definition) is 5. The fourth-order valence-electron chi connectivity index (χ4n) is 4.19. The Balaban J connectivity index is 2.05. The number of benzene rings is 3. The Morgan fingerprint density at radius 1 is 0.927 bits per heavy atom. The molecule has 0 radical (unpaired) electrons. The van der Waals surface area contributed by atoms with E-state index in [-0.39, 0.29) is 23.4 Å². The van der Waals surface area contributed by atoms with Crippen LogP contribution in [-0.2, 0) is 26.2 Å². The molecular formula is C30H35Cl2N3O5S. The molecule has 0 saturated carbocycles. The number of nitrogens with zero attached hydrogens (tertiary/aromatic N) is 2. The van der Waals surface area contributed by atoms with Gasteiger partial charge in [-0.1, -0.05) is 61.3 Å². The third-order valence-electron chi connectivity index (χ3n) is 6.69. The Morgan fingerprint density at radius 3 is 2.15 bits per heavy atom. The summed E-state index contributed by atoms with van der Waals surface area (Å²) in [5, 5.41) is 3.61. The van der Waals surface area contributed by atoms with Gasteiger partial charge in [0.25, 0.3) is 10.0 Å². The molecule has 3 aromatic rings. The van der Waals surface area contributed by atoms with Gasteiger partial charge < -0.3 is 15.0 Å². The van der Waals surface area contributed by atoms with Crippen LogP contribution in [0.2, 0.25) is 10.0 Å². The number of hydrogen-bond donors (Lipinski definition) is 1. The minimum absolute atomic E-state index is 0.00691. The van der Waals surface area contributed by atoms with Crippen molar-refractivity contribution in [3.05, 3.63) is 88.4 Å². The fraction of sp³-hybridized carbons (Fsp3) is 0.333. The van der Waals surface area contributed by atoms with Crippen molar-refractivity contribution >= 4 is 50.7 Å². The van der Waals surface area contributed by atoms with Crippen molar-refractivity contribution < 1.29 is 22.7 Å². The lowest BCUT2D eigenvalue weighted by Crippen LogP contribution is -2.53. The second-order valence-corrected chi connectivity index (χ2v) is 12.2. The zero-order valence-electron chi connectivity index (χ0n) is 23.5. The largest absolute Gasteiger partial charge is 0.497 e. The molecular weight excluding hydrogens is 585 g/mol. The van der Waals surface area contributed by atoms with Gasteiger partial charge >= 0.3 is 0 Å². The highest BCUT2D eigenvalue weighted by Gasteiger charge is 2.34. The van der Waals surface area contributed by atoms with Crippen molar-refractivity contribution in [3.63, 3.8) is 0 Å². The minimum Gasteiger partial charge on any atom is -0.497 e. The van der Waals surface area contributed by atoms with Gasteiger partial charge in [-0.3, -0.25) is 13.9 Å². The number of nitrogens with one attached hydrogen (secondary N) is 1. The van der Waals surface area contributed by atoms with Gasteiger partial charge in [0, 0.05) is 12.6 Å². The molecule has 2 amide bonds. The monoisotopic (exact) mass is 619 g/mol. The van der Waals surface area contributed by atoms with Gasteiger partial charge in [-0.05, 0) is 73.9 Å². The van der Waals surface area contributed by atoms with E-state index in [1.807, 2.05) is 13.8 Å². The summed E-state index contributed by atoms with van der Waals surface area (Å²) in [6.07, 6.45) is 1.02. The van der Waals surface area contributed by atoms with Crippen molar-refractivity contribution in [1.29, 1.82) is 0 Å². The Kier molecular flexibility index (Phi) is 11.5. The molecule has 0 spiro atoms. The van der Waals surface area contributed by atoms with Crippen LogP contribution in [0.5, 0.6) is 5.75 Å². The molecule has 8 nitrogen and oxygen atoms in total. The molecule has 220 valence electrons. The summed E-state index contributed by atoms with van der Waals surface area (Å²) in [6, 6.07) is 18.3. The lowest BCUT2D eigenvalue weighted by molar-refractivity contribution is -0.140. The van der Waals surface area contributed by atoms with Gasteiger partial charge in [0.15, 0.2) is 0 Å². The van der Waals surface area contributed by atoms with Gasteiger partial charge in [0.05, 0.1) is 27.7 Å². The number of carbonyl (C=O) groups is 2. The predicted octanol–water partition coefficient (Wildman–Crippen LogP) is 5.92. The van der Waals surface area contributed by atoms with E-state index >= 15 is 0 Å². The first-order valence-corrected chi connectivity index (χ1v) is 15.5. The molecule has 0 bridgehead atoms. The average Bonchev–Trinajstić information content (AvgIpc) is 2.97. The number of para-hydroxylation sites is 1. The van der Waals surface area contributed by atoms with Crippen molar-refractivity contribution in [2.45, 2.75) is 57.1 Å². The van der Waals surface area contributed by atoms with Crippen LogP contribution in [0, 0.1) is 0 Å². The van der Waals surface area contributed by atoms with Gasteiger partial charge in [0.2, 0.25) is 11.8 Å². The van der Waals surface area contributed by atoms with E-state index in [9.17, 15) is 18.0 Å². The second-order valence-electron chi connectivity index (χ2n) is 9.53. The lowest BCUT2D eigenvalue weighted by Gasteiger charge is -2.33. The molecule has 0 aliphatic carbocycles. The van der Waals surface area contributed by atoms with E-state index < -0.39 is 28.5 Å². The summed E-state index contributed by atoms with van der Waals surface area (Å²) < 4.78 is 34.0. The van der Waals surface area contributed by atoms with Crippen molar-refractivity contribution in [2.75, 3.05) is 18.0 Å². The first kappa shape index (κ1) is 32.2. The fourth-order valence-corrected chi connectivity index (χ4v) is 5.93. The Labute approximate surface area is 252 Å². The summed E-state index contributed by atoms with van der Waals surface area (Å²) in [6.45, 7) is 5.12. The van der Waals surface area contributed by atoms with E-state index in [0.717, 1.165) is 4.31 Å². The molecule has 0 aliphatic rings. The van der Waals surface area contributed by atoms with Gasteiger partial charge in [0.1, 0.15) is 18.3 Å². The Morgan fingerprint density at radius 2 is 1.59 bits per heavy atom. The van der Waals surface area contributed by atoms with Gasteiger partial charge in [-0.25, -0.2) is 8.42 Å². The number of ether oxygens (including phenoxy) is 1. The first-order chi connectivity index (χ1) is 19.5. The molecule has 41 heavy (non-hydrogen) atoms. The van der Waals surface area contributed by atoms with E-state index in [1.165, 1.54) is 24.1 Å². The van der Waals surface area contributed by atoms with E-state index in [1.54, 1.807) is 67.6 Å². The van der Waals surface area contributed by atoms with Crippen LogP contribution in [0.3, 0.4) is 0 Å². The van der Waals surface area contributed by atoms with E-state index in [0.29, 0.717) is 39.9 Å². The summed E-state index contributed by atoms with van der Waals surface area (Å²) in [7, 11) is -2.69. The third-order valence-corrected chi connectivity index (χ3v) is 9.22. The zero-order valence-corrected chi connectivity index (χ0v) is 25.8. The minimum atomic E-state index is -4.18. The quantitative estimate of drug-likeness (QED) is 0.256. The van der Waals surface area contributed by atoms with Crippen LogP contribution < -0.4 is 14.4 Å². The number of halogens is 2. The van der Waals surface area contributed by atoms with Crippen LogP contribution in [0.1, 0.15) is 39.2 Å². The van der Waals surface area contributed by atoms with Gasteiger partial charge in [-0.2, -0.15) is 0 Å². The third kappa shape index (κ3) is 8.15. The highest BCUT2D eigenvalue weighted by Crippen LogP contribution is 2.27. The summed E-state index contributed by atoms with van der Waals surface area (Å²) in [5.74, 6) is -0.375. The molecule has 0 unspecified atom stereocenters. The van der Waals surface area contributed by atoms with Crippen LogP contribution >= 0.6 is 23.2 Å². The standard InChI is InChI=1S/C30H35Cl2N3O5S/c1-5-21(3)33-30(37)28(6-2)34(19-22-12-17-26(31)27(32)18-22)29(36)20-35(23-10-8-7-9-11-23)41(38,39)25-15-13-24(40-4)14-16-25/h7-18,21,28H,5-6,19-20H2,1-4H3,(H,33,37)/t21-,28-/m1/s1. The van der Waals surface area contributed by atoms with Gasteiger partial charge in [-0.15, -0.1) is 0 Å². The topological polar surface area (TPSA) is 96.0 Å². The molecule has 0 saturated heterocycles. The average molecular weight is 621 g/mol. The van der Waals surface area contributed by atoms with E-state index in [4.69, 9.17) is 27.9 Å². The molecule has 1 N–H and O–H groups in total. The zero-order chi connectivity index (χ0) is 30.2. The number of sulfonamides is 1. The maximum atomic E-state index is 14.1. The van der Waals surface area contributed by atoms with E-state index in [2.05, 4.69) is 5.32 Å². The molecule has 11 heteroatoms. The molecule has 0 aliphatic heterocycles. The van der Waals surface area contributed by atoms with Crippen molar-refractivity contribution in [2.24, 2.45) is 0 Å². The molecule has 0 fully saturated rings. The number of amides is 2. The molecule has 3 aromatic carbocycles. The summed E-state index contributed by atoms with van der Waals surface area (Å²) in [5.41, 5.74) is 0.954.